The Labute approximate surface area is 129 Å². The highest BCUT2D eigenvalue weighted by Gasteiger charge is 2.16. The summed E-state index contributed by atoms with van der Waals surface area (Å²) in [6.45, 7) is 0. The van der Waals surface area contributed by atoms with Crippen LogP contribution in [0.5, 0.6) is 0 Å². The van der Waals surface area contributed by atoms with E-state index < -0.39 is 0 Å². The van der Waals surface area contributed by atoms with E-state index >= 15 is 0 Å². The molecule has 0 bridgehead atoms. The number of hydrogen-bond acceptors (Lipinski definition) is 5. The number of rotatable bonds is 3. The first-order chi connectivity index (χ1) is 10.6. The van der Waals surface area contributed by atoms with E-state index in [1.165, 1.54) is 42.1 Å². The summed E-state index contributed by atoms with van der Waals surface area (Å²) in [7, 11) is 0. The Morgan fingerprint density at radius 2 is 2.14 bits per heavy atom. The summed E-state index contributed by atoms with van der Waals surface area (Å²) in [5.74, 6) is -0.367. The van der Waals surface area contributed by atoms with E-state index in [1.54, 1.807) is 18.2 Å². The van der Waals surface area contributed by atoms with Crippen molar-refractivity contribution in [3.8, 4) is 10.4 Å². The van der Waals surface area contributed by atoms with E-state index in [0.29, 0.717) is 21.9 Å². The third-order valence-electron chi connectivity index (χ3n) is 2.88. The molecule has 7 heteroatoms. The molecule has 0 atom stereocenters. The lowest BCUT2D eigenvalue weighted by Gasteiger charge is -2.02. The Balaban J connectivity index is 1.88. The maximum Gasteiger partial charge on any atom is 0.269 e. The van der Waals surface area contributed by atoms with Gasteiger partial charge >= 0.3 is 0 Å². The number of halogens is 1. The van der Waals surface area contributed by atoms with E-state index in [-0.39, 0.29) is 11.7 Å². The minimum Gasteiger partial charge on any atom is -0.397 e. The molecule has 22 heavy (non-hydrogen) atoms. The molecule has 5 nitrogen and oxygen atoms in total. The van der Waals surface area contributed by atoms with Crippen molar-refractivity contribution in [2.75, 3.05) is 11.1 Å². The minimum absolute atomic E-state index is 0.338. The van der Waals surface area contributed by atoms with Crippen LogP contribution in [0.1, 0.15) is 9.67 Å². The predicted molar refractivity (Wildman–Crippen MR) is 84.1 cm³/mol. The quantitative estimate of drug-likeness (QED) is 0.778. The number of amides is 1. The average molecular weight is 314 g/mol. The van der Waals surface area contributed by atoms with Gasteiger partial charge < -0.3 is 11.1 Å². The first-order valence-corrected chi connectivity index (χ1v) is 7.18. The smallest absolute Gasteiger partial charge is 0.269 e. The van der Waals surface area contributed by atoms with Gasteiger partial charge in [-0.15, -0.1) is 11.3 Å². The van der Waals surface area contributed by atoms with Gasteiger partial charge in [0, 0.05) is 17.3 Å². The van der Waals surface area contributed by atoms with Crippen molar-refractivity contribution in [3.05, 3.63) is 59.6 Å². The number of carbonyl (C=O) groups excluding carboxylic acids is 1. The van der Waals surface area contributed by atoms with Crippen LogP contribution in [0.4, 0.5) is 15.9 Å². The third kappa shape index (κ3) is 2.94. The minimum atomic E-state index is -0.370. The van der Waals surface area contributed by atoms with Crippen LogP contribution in [0.15, 0.2) is 48.9 Å². The second-order valence-electron chi connectivity index (χ2n) is 4.45. The third-order valence-corrected chi connectivity index (χ3v) is 4.08. The highest BCUT2D eigenvalue weighted by molar-refractivity contribution is 7.18. The molecule has 0 saturated carbocycles. The predicted octanol–water partition coefficient (Wildman–Crippen LogP) is 3.18. The van der Waals surface area contributed by atoms with Gasteiger partial charge in [0.05, 0.1) is 11.9 Å². The molecule has 2 aromatic heterocycles. The second-order valence-corrected chi connectivity index (χ2v) is 5.50. The van der Waals surface area contributed by atoms with Crippen molar-refractivity contribution in [1.29, 1.82) is 0 Å². The molecule has 0 spiro atoms. The summed E-state index contributed by atoms with van der Waals surface area (Å²) in [5, 5.41) is 2.62. The largest absolute Gasteiger partial charge is 0.397 e. The number of carbonyl (C=O) groups is 1. The lowest BCUT2D eigenvalue weighted by Crippen LogP contribution is -2.12. The Hall–Kier alpha value is -2.80. The number of aromatic nitrogens is 2. The summed E-state index contributed by atoms with van der Waals surface area (Å²) in [4.78, 5) is 21.1. The van der Waals surface area contributed by atoms with Crippen molar-refractivity contribution in [2.24, 2.45) is 0 Å². The SMILES string of the molecule is Nc1cc(-c2cccc(F)c2)sc1C(=O)Nc1cnccn1. The van der Waals surface area contributed by atoms with Gasteiger partial charge in [-0.1, -0.05) is 12.1 Å². The Morgan fingerprint density at radius 1 is 1.27 bits per heavy atom. The lowest BCUT2D eigenvalue weighted by atomic mass is 10.2. The maximum atomic E-state index is 13.3. The van der Waals surface area contributed by atoms with Gasteiger partial charge in [-0.2, -0.15) is 0 Å². The van der Waals surface area contributed by atoms with Gasteiger partial charge in [-0.05, 0) is 23.8 Å². The van der Waals surface area contributed by atoms with E-state index in [1.807, 2.05) is 0 Å². The second kappa shape index (κ2) is 5.90. The zero-order chi connectivity index (χ0) is 15.5. The number of nitrogens with zero attached hydrogens (tertiary/aromatic N) is 2. The fourth-order valence-corrected chi connectivity index (χ4v) is 2.87. The van der Waals surface area contributed by atoms with Crippen LogP contribution >= 0.6 is 11.3 Å². The highest BCUT2D eigenvalue weighted by atomic mass is 32.1. The van der Waals surface area contributed by atoms with Crippen molar-refractivity contribution >= 4 is 28.7 Å². The molecule has 0 radical (unpaired) electrons. The molecule has 110 valence electrons. The van der Waals surface area contributed by atoms with Crippen molar-refractivity contribution < 1.29 is 9.18 Å². The van der Waals surface area contributed by atoms with E-state index in [0.717, 1.165) is 4.88 Å². The monoisotopic (exact) mass is 314 g/mol. The number of nitrogen functional groups attached to an aromatic ring is 1. The Kier molecular flexibility index (Phi) is 3.80. The molecule has 0 aliphatic carbocycles. The number of hydrogen-bond donors (Lipinski definition) is 2. The summed E-state index contributed by atoms with van der Waals surface area (Å²) in [5.41, 5.74) is 6.91. The Bertz CT molecular complexity index is 819. The summed E-state index contributed by atoms with van der Waals surface area (Å²) in [6.07, 6.45) is 4.43. The van der Waals surface area contributed by atoms with Crippen LogP contribution in [0.25, 0.3) is 10.4 Å². The summed E-state index contributed by atoms with van der Waals surface area (Å²) >= 11 is 1.20. The van der Waals surface area contributed by atoms with Gasteiger partial charge in [0.15, 0.2) is 5.82 Å². The Morgan fingerprint density at radius 3 is 2.86 bits per heavy atom. The molecule has 0 aliphatic rings. The van der Waals surface area contributed by atoms with Crippen LogP contribution in [-0.2, 0) is 0 Å². The molecule has 3 N–H and O–H groups in total. The van der Waals surface area contributed by atoms with Gasteiger partial charge in [0.25, 0.3) is 5.91 Å². The maximum absolute atomic E-state index is 13.3. The standard InChI is InChI=1S/C15H11FN4OS/c16-10-3-1-2-9(6-10)12-7-11(17)14(22-12)15(21)20-13-8-18-4-5-19-13/h1-8H,17H2,(H,19,20,21). The number of thiophene rings is 1. The average Bonchev–Trinajstić information content (AvgIpc) is 2.90. The van der Waals surface area contributed by atoms with Gasteiger partial charge in [-0.25, -0.2) is 9.37 Å². The van der Waals surface area contributed by atoms with Crippen LogP contribution in [0, 0.1) is 5.82 Å². The first kappa shape index (κ1) is 14.2. The van der Waals surface area contributed by atoms with Crippen molar-refractivity contribution in [2.45, 2.75) is 0 Å². The number of anilines is 2. The molecule has 3 aromatic rings. The van der Waals surface area contributed by atoms with E-state index in [4.69, 9.17) is 5.73 Å². The lowest BCUT2D eigenvalue weighted by molar-refractivity contribution is 0.103. The number of nitrogens with two attached hydrogens (primary N) is 1. The van der Waals surface area contributed by atoms with Crippen LogP contribution in [-0.4, -0.2) is 15.9 Å². The van der Waals surface area contributed by atoms with Crippen molar-refractivity contribution in [3.63, 3.8) is 0 Å². The molecular formula is C15H11FN4OS. The molecule has 2 heterocycles. The van der Waals surface area contributed by atoms with Gasteiger partial charge in [-0.3, -0.25) is 9.78 Å². The highest BCUT2D eigenvalue weighted by Crippen LogP contribution is 2.33. The van der Waals surface area contributed by atoms with Gasteiger partial charge in [0.1, 0.15) is 10.7 Å². The zero-order valence-corrected chi connectivity index (χ0v) is 12.1. The number of nitrogens with one attached hydrogen (secondary N) is 1. The molecule has 1 amide bonds. The van der Waals surface area contributed by atoms with Gasteiger partial charge in [0.2, 0.25) is 0 Å². The van der Waals surface area contributed by atoms with Crippen LogP contribution in [0.3, 0.4) is 0 Å². The topological polar surface area (TPSA) is 80.9 Å². The fourth-order valence-electron chi connectivity index (χ4n) is 1.90. The summed E-state index contributed by atoms with van der Waals surface area (Å²) in [6, 6.07) is 7.79. The molecule has 3 rings (SSSR count). The molecular weight excluding hydrogens is 303 g/mol. The van der Waals surface area contributed by atoms with Crippen LogP contribution in [0.2, 0.25) is 0 Å². The molecule has 0 fully saturated rings. The zero-order valence-electron chi connectivity index (χ0n) is 11.3. The van der Waals surface area contributed by atoms with Crippen LogP contribution < -0.4 is 11.1 Å². The molecule has 0 saturated heterocycles. The first-order valence-electron chi connectivity index (χ1n) is 6.36. The summed E-state index contributed by atoms with van der Waals surface area (Å²) < 4.78 is 13.3. The molecule has 0 aliphatic heterocycles. The van der Waals surface area contributed by atoms with E-state index in [9.17, 15) is 9.18 Å². The van der Waals surface area contributed by atoms with Crippen molar-refractivity contribution in [1.82, 2.24) is 9.97 Å². The molecule has 1 aromatic carbocycles. The number of benzene rings is 1. The molecule has 0 unspecified atom stereocenters. The normalized spacial score (nSPS) is 10.4. The fraction of sp³-hybridized carbons (Fsp3) is 0. The van der Waals surface area contributed by atoms with E-state index in [2.05, 4.69) is 15.3 Å².